The normalized spacial score (nSPS) is 11.5. The molecule has 0 aliphatic heterocycles. The molecule has 0 unspecified atom stereocenters. The number of rotatable bonds is 2. The predicted molar refractivity (Wildman–Crippen MR) is 45.1 cm³/mol. The van der Waals surface area contributed by atoms with Crippen molar-refractivity contribution in [3.05, 3.63) is 30.3 Å². The van der Waals surface area contributed by atoms with Gasteiger partial charge in [0.25, 0.3) is 0 Å². The molecule has 0 bridgehead atoms. The van der Waals surface area contributed by atoms with E-state index in [2.05, 4.69) is 0 Å². The second-order valence-corrected chi connectivity index (χ2v) is 3.80. The van der Waals surface area contributed by atoms with Crippen LogP contribution >= 0.6 is 11.8 Å². The highest BCUT2D eigenvalue weighted by molar-refractivity contribution is 8.00. The standard InChI is InChI=1S/C8H10O2S/c1-8(9,10)11-7-5-3-2-4-6-7/h2-6,9-10H,1H3. The van der Waals surface area contributed by atoms with Crippen LogP contribution in [0, 0.1) is 0 Å². The molecule has 1 aromatic rings. The lowest BCUT2D eigenvalue weighted by Crippen LogP contribution is -2.16. The van der Waals surface area contributed by atoms with Crippen molar-refractivity contribution in [2.75, 3.05) is 0 Å². The molecule has 3 heteroatoms. The van der Waals surface area contributed by atoms with Gasteiger partial charge in [0, 0.05) is 11.8 Å². The molecule has 0 spiro atoms. The van der Waals surface area contributed by atoms with E-state index in [0.717, 1.165) is 16.7 Å². The average molecular weight is 170 g/mol. The summed E-state index contributed by atoms with van der Waals surface area (Å²) in [6.45, 7) is 1.34. The molecule has 2 N–H and O–H groups in total. The zero-order valence-electron chi connectivity index (χ0n) is 6.19. The fourth-order valence-electron chi connectivity index (χ4n) is 0.712. The Labute approximate surface area is 69.9 Å². The summed E-state index contributed by atoms with van der Waals surface area (Å²) in [5, 5.41) is 16.3. The van der Waals surface area contributed by atoms with Gasteiger partial charge in [0.05, 0.1) is 0 Å². The maximum absolute atomic E-state index is 8.99. The molecule has 0 saturated carbocycles. The highest BCUT2D eigenvalue weighted by Crippen LogP contribution is 2.27. The molecule has 0 heterocycles. The van der Waals surface area contributed by atoms with Gasteiger partial charge in [-0.1, -0.05) is 30.0 Å². The number of hydrogen-bond donors (Lipinski definition) is 2. The Morgan fingerprint density at radius 3 is 2.18 bits per heavy atom. The molecule has 0 amide bonds. The van der Waals surface area contributed by atoms with Crippen LogP contribution in [0.3, 0.4) is 0 Å². The van der Waals surface area contributed by atoms with Crippen molar-refractivity contribution in [2.45, 2.75) is 16.9 Å². The Kier molecular flexibility index (Phi) is 2.54. The van der Waals surface area contributed by atoms with Gasteiger partial charge in [0.1, 0.15) is 0 Å². The molecule has 0 saturated heterocycles. The van der Waals surface area contributed by atoms with Crippen LogP contribution in [-0.2, 0) is 0 Å². The molecule has 0 radical (unpaired) electrons. The molecule has 0 aromatic heterocycles. The van der Waals surface area contributed by atoms with Crippen LogP contribution < -0.4 is 0 Å². The second kappa shape index (κ2) is 3.26. The third-order valence-electron chi connectivity index (χ3n) is 1.05. The SMILES string of the molecule is CC(O)(O)Sc1ccccc1. The summed E-state index contributed by atoms with van der Waals surface area (Å²) >= 11 is 1.01. The van der Waals surface area contributed by atoms with Crippen LogP contribution in [-0.4, -0.2) is 15.3 Å². The summed E-state index contributed by atoms with van der Waals surface area (Å²) in [4.78, 5) is 0.847. The van der Waals surface area contributed by atoms with E-state index in [-0.39, 0.29) is 0 Å². The van der Waals surface area contributed by atoms with E-state index < -0.39 is 5.12 Å². The van der Waals surface area contributed by atoms with E-state index in [1.165, 1.54) is 6.92 Å². The number of aliphatic hydroxyl groups is 2. The predicted octanol–water partition coefficient (Wildman–Crippen LogP) is 1.44. The van der Waals surface area contributed by atoms with Crippen LogP contribution in [0.1, 0.15) is 6.92 Å². The molecule has 2 nitrogen and oxygen atoms in total. The highest BCUT2D eigenvalue weighted by Gasteiger charge is 2.15. The van der Waals surface area contributed by atoms with E-state index in [4.69, 9.17) is 10.2 Å². The van der Waals surface area contributed by atoms with Crippen LogP contribution in [0.4, 0.5) is 0 Å². The lowest BCUT2D eigenvalue weighted by molar-refractivity contribution is -0.0588. The van der Waals surface area contributed by atoms with Crippen LogP contribution in [0.25, 0.3) is 0 Å². The van der Waals surface area contributed by atoms with Gasteiger partial charge in [-0.3, -0.25) is 0 Å². The van der Waals surface area contributed by atoms with Crippen molar-refractivity contribution in [1.29, 1.82) is 0 Å². The highest BCUT2D eigenvalue weighted by atomic mass is 32.2. The number of benzene rings is 1. The van der Waals surface area contributed by atoms with Crippen molar-refractivity contribution in [1.82, 2.24) is 0 Å². The maximum Gasteiger partial charge on any atom is 0.214 e. The molecule has 0 aliphatic carbocycles. The van der Waals surface area contributed by atoms with Crippen LogP contribution in [0.5, 0.6) is 0 Å². The summed E-state index contributed by atoms with van der Waals surface area (Å²) in [6.07, 6.45) is 0. The first-order valence-electron chi connectivity index (χ1n) is 3.27. The lowest BCUT2D eigenvalue weighted by atomic mass is 10.4. The third kappa shape index (κ3) is 3.41. The summed E-state index contributed by atoms with van der Waals surface area (Å²) in [5.41, 5.74) is 0. The van der Waals surface area contributed by atoms with Gasteiger partial charge in [-0.05, 0) is 12.1 Å². The van der Waals surface area contributed by atoms with Gasteiger partial charge in [0.15, 0.2) is 0 Å². The molecule has 60 valence electrons. The minimum atomic E-state index is -1.68. The Balaban J connectivity index is 2.66. The maximum atomic E-state index is 8.99. The van der Waals surface area contributed by atoms with Crippen molar-refractivity contribution in [3.8, 4) is 0 Å². The molecule has 11 heavy (non-hydrogen) atoms. The zero-order valence-corrected chi connectivity index (χ0v) is 7.01. The quantitative estimate of drug-likeness (QED) is 0.521. The summed E-state index contributed by atoms with van der Waals surface area (Å²) < 4.78 is 0. The molecule has 0 aliphatic rings. The van der Waals surface area contributed by atoms with E-state index in [1.54, 1.807) is 0 Å². The molecular formula is C8H10O2S. The van der Waals surface area contributed by atoms with Crippen LogP contribution in [0.2, 0.25) is 0 Å². The van der Waals surface area contributed by atoms with Gasteiger partial charge >= 0.3 is 0 Å². The minimum absolute atomic E-state index is 0.847. The van der Waals surface area contributed by atoms with Gasteiger partial charge in [-0.15, -0.1) is 0 Å². The van der Waals surface area contributed by atoms with Crippen molar-refractivity contribution >= 4 is 11.8 Å². The number of hydrogen-bond acceptors (Lipinski definition) is 3. The van der Waals surface area contributed by atoms with Crippen LogP contribution in [0.15, 0.2) is 35.2 Å². The summed E-state index contributed by atoms with van der Waals surface area (Å²) in [6, 6.07) is 9.25. The Morgan fingerprint density at radius 2 is 1.73 bits per heavy atom. The van der Waals surface area contributed by atoms with E-state index in [9.17, 15) is 0 Å². The van der Waals surface area contributed by atoms with E-state index in [0.29, 0.717) is 0 Å². The first-order valence-corrected chi connectivity index (χ1v) is 4.08. The lowest BCUT2D eigenvalue weighted by Gasteiger charge is -2.13. The Morgan fingerprint density at radius 1 is 1.18 bits per heavy atom. The fraction of sp³-hybridized carbons (Fsp3) is 0.250. The molecular weight excluding hydrogens is 160 g/mol. The average Bonchev–Trinajstić information content (AvgIpc) is 1.85. The van der Waals surface area contributed by atoms with Gasteiger partial charge in [-0.25, -0.2) is 0 Å². The largest absolute Gasteiger partial charge is 0.357 e. The second-order valence-electron chi connectivity index (χ2n) is 2.35. The van der Waals surface area contributed by atoms with Gasteiger partial charge < -0.3 is 10.2 Å². The third-order valence-corrected chi connectivity index (χ3v) is 1.95. The topological polar surface area (TPSA) is 40.5 Å². The van der Waals surface area contributed by atoms with Crippen molar-refractivity contribution < 1.29 is 10.2 Å². The van der Waals surface area contributed by atoms with Gasteiger partial charge in [0.2, 0.25) is 5.12 Å². The Hall–Kier alpha value is -0.510. The zero-order chi connectivity index (χ0) is 8.32. The van der Waals surface area contributed by atoms with Crippen molar-refractivity contribution in [2.24, 2.45) is 0 Å². The molecule has 0 atom stereocenters. The van der Waals surface area contributed by atoms with E-state index in [1.807, 2.05) is 30.3 Å². The first-order chi connectivity index (χ1) is 5.08. The Bertz CT molecular complexity index is 215. The molecule has 0 fully saturated rings. The van der Waals surface area contributed by atoms with Gasteiger partial charge in [-0.2, -0.15) is 0 Å². The first kappa shape index (κ1) is 8.59. The minimum Gasteiger partial charge on any atom is -0.357 e. The van der Waals surface area contributed by atoms with E-state index >= 15 is 0 Å². The number of thioether (sulfide) groups is 1. The fourth-order valence-corrected chi connectivity index (χ4v) is 1.45. The van der Waals surface area contributed by atoms with Crippen molar-refractivity contribution in [3.63, 3.8) is 0 Å². The smallest absolute Gasteiger partial charge is 0.214 e. The summed E-state index contributed by atoms with van der Waals surface area (Å²) in [7, 11) is 0. The summed E-state index contributed by atoms with van der Waals surface area (Å²) in [5.74, 6) is 0. The molecule has 1 rings (SSSR count). The molecule has 1 aromatic carbocycles. The monoisotopic (exact) mass is 170 g/mol.